The molecule has 1 N–H and O–H groups in total. The van der Waals surface area contributed by atoms with Crippen molar-refractivity contribution in [2.75, 3.05) is 0 Å². The Kier molecular flexibility index (Phi) is 2.90. The summed E-state index contributed by atoms with van der Waals surface area (Å²) in [5.74, 6) is -3.43. The number of pyridine rings is 1. The predicted octanol–water partition coefficient (Wildman–Crippen LogP) is 1.73. The van der Waals surface area contributed by atoms with E-state index in [1.54, 1.807) is 0 Å². The minimum atomic E-state index is -3.18. The Balaban J connectivity index is 3.51. The lowest BCUT2D eigenvalue weighted by molar-refractivity contribution is 0.0689. The van der Waals surface area contributed by atoms with Crippen LogP contribution in [0.15, 0.2) is 6.20 Å². The zero-order chi connectivity index (χ0) is 11.6. The van der Waals surface area contributed by atoms with E-state index in [0.717, 1.165) is 0 Å². The highest BCUT2D eigenvalue weighted by molar-refractivity contribution is 5.90. The lowest BCUT2D eigenvalue weighted by Crippen LogP contribution is -2.09. The van der Waals surface area contributed by atoms with Gasteiger partial charge in [-0.15, -0.1) is 0 Å². The normalized spacial score (nSPS) is 10.1. The number of alkyl halides is 2. The van der Waals surface area contributed by atoms with Crippen LogP contribution in [0.3, 0.4) is 0 Å². The van der Waals surface area contributed by atoms with Gasteiger partial charge in [0.25, 0.3) is 6.43 Å². The third-order valence-electron chi connectivity index (χ3n) is 1.60. The fraction of sp³-hybridized carbons (Fsp3) is 0.125. The van der Waals surface area contributed by atoms with Gasteiger partial charge in [-0.1, -0.05) is 0 Å². The van der Waals surface area contributed by atoms with Crippen molar-refractivity contribution in [1.82, 2.24) is 4.98 Å². The van der Waals surface area contributed by atoms with Crippen molar-refractivity contribution < 1.29 is 23.1 Å². The minimum Gasteiger partial charge on any atom is -0.477 e. The van der Waals surface area contributed by atoms with Crippen molar-refractivity contribution in [2.24, 2.45) is 0 Å². The Morgan fingerprint density at radius 3 is 2.60 bits per heavy atom. The molecule has 0 radical (unpaired) electrons. The van der Waals surface area contributed by atoms with Gasteiger partial charge < -0.3 is 5.11 Å². The van der Waals surface area contributed by atoms with Gasteiger partial charge in [-0.3, -0.25) is 0 Å². The molecule has 0 spiro atoms. The van der Waals surface area contributed by atoms with Gasteiger partial charge >= 0.3 is 5.97 Å². The zero-order valence-electron chi connectivity index (χ0n) is 7.04. The zero-order valence-corrected chi connectivity index (χ0v) is 7.04. The van der Waals surface area contributed by atoms with E-state index in [1.165, 1.54) is 6.07 Å². The highest BCUT2D eigenvalue weighted by Crippen LogP contribution is 2.24. The van der Waals surface area contributed by atoms with Gasteiger partial charge in [0, 0.05) is 6.20 Å². The third kappa shape index (κ3) is 1.88. The summed E-state index contributed by atoms with van der Waals surface area (Å²) in [6.07, 6.45) is -2.73. The average Bonchev–Trinajstić information content (AvgIpc) is 2.15. The first-order chi connectivity index (χ1) is 6.99. The van der Waals surface area contributed by atoms with Crippen LogP contribution in [0, 0.1) is 17.1 Å². The van der Waals surface area contributed by atoms with Crippen LogP contribution in [0.4, 0.5) is 13.2 Å². The molecule has 4 nitrogen and oxygen atoms in total. The monoisotopic (exact) mass is 216 g/mol. The molecule has 0 aliphatic carbocycles. The lowest BCUT2D eigenvalue weighted by atomic mass is 10.1. The van der Waals surface area contributed by atoms with Crippen molar-refractivity contribution in [3.05, 3.63) is 28.8 Å². The highest BCUT2D eigenvalue weighted by Gasteiger charge is 2.24. The van der Waals surface area contributed by atoms with E-state index in [2.05, 4.69) is 4.98 Å². The first kappa shape index (κ1) is 11.0. The van der Waals surface area contributed by atoms with Crippen molar-refractivity contribution in [3.8, 4) is 6.07 Å². The summed E-state index contributed by atoms with van der Waals surface area (Å²) in [5.41, 5.74) is -2.99. The van der Waals surface area contributed by atoms with Crippen molar-refractivity contribution in [3.63, 3.8) is 0 Å². The SMILES string of the molecule is N#Cc1ncc(C(F)F)c(F)c1C(=O)O. The van der Waals surface area contributed by atoms with Crippen LogP contribution < -0.4 is 0 Å². The summed E-state index contributed by atoms with van der Waals surface area (Å²) >= 11 is 0. The molecule has 78 valence electrons. The van der Waals surface area contributed by atoms with Crippen molar-refractivity contribution in [1.29, 1.82) is 5.26 Å². The summed E-state index contributed by atoms with van der Waals surface area (Å²) in [6, 6.07) is 1.31. The molecule has 0 atom stereocenters. The minimum absolute atomic E-state index is 0.449. The molecular weight excluding hydrogens is 213 g/mol. The molecule has 0 aliphatic rings. The summed E-state index contributed by atoms with van der Waals surface area (Å²) < 4.78 is 37.5. The molecule has 15 heavy (non-hydrogen) atoms. The van der Waals surface area contributed by atoms with Gasteiger partial charge in [0.05, 0.1) is 5.56 Å². The molecule has 0 saturated carbocycles. The van der Waals surface area contributed by atoms with Crippen LogP contribution in [0.25, 0.3) is 0 Å². The molecule has 1 aromatic rings. The smallest absolute Gasteiger partial charge is 0.341 e. The number of carbonyl (C=O) groups is 1. The molecule has 7 heteroatoms. The van der Waals surface area contributed by atoms with E-state index in [4.69, 9.17) is 10.4 Å². The van der Waals surface area contributed by atoms with Crippen LogP contribution in [0.2, 0.25) is 0 Å². The second-order valence-electron chi connectivity index (χ2n) is 2.47. The van der Waals surface area contributed by atoms with E-state index >= 15 is 0 Å². The summed E-state index contributed by atoms with van der Waals surface area (Å²) in [4.78, 5) is 13.6. The van der Waals surface area contributed by atoms with E-state index < -0.39 is 35.0 Å². The van der Waals surface area contributed by atoms with Crippen LogP contribution in [-0.2, 0) is 0 Å². The summed E-state index contributed by atoms with van der Waals surface area (Å²) in [6.45, 7) is 0. The maximum atomic E-state index is 13.2. The molecule has 1 aromatic heterocycles. The van der Waals surface area contributed by atoms with Gasteiger partial charge in [0.2, 0.25) is 0 Å². The number of rotatable bonds is 2. The van der Waals surface area contributed by atoms with Crippen LogP contribution in [0.1, 0.15) is 28.0 Å². The van der Waals surface area contributed by atoms with E-state index in [9.17, 15) is 18.0 Å². The molecule has 0 bridgehead atoms. The predicted molar refractivity (Wildman–Crippen MR) is 40.8 cm³/mol. The topological polar surface area (TPSA) is 74.0 Å². The van der Waals surface area contributed by atoms with Gasteiger partial charge in [0.15, 0.2) is 11.5 Å². The number of nitriles is 1. The number of halogens is 3. The maximum Gasteiger partial charge on any atom is 0.341 e. The molecule has 0 aromatic carbocycles. The van der Waals surface area contributed by atoms with Crippen LogP contribution >= 0.6 is 0 Å². The molecule has 0 amide bonds. The number of aromatic nitrogens is 1. The van der Waals surface area contributed by atoms with Crippen LogP contribution in [0.5, 0.6) is 0 Å². The average molecular weight is 216 g/mol. The number of carboxylic acid groups (broad SMARTS) is 1. The van der Waals surface area contributed by atoms with Gasteiger partial charge in [-0.2, -0.15) is 5.26 Å². The van der Waals surface area contributed by atoms with Gasteiger partial charge in [0.1, 0.15) is 11.6 Å². The van der Waals surface area contributed by atoms with Crippen molar-refractivity contribution >= 4 is 5.97 Å². The Labute approximate surface area is 81.6 Å². The second-order valence-corrected chi connectivity index (χ2v) is 2.47. The summed E-state index contributed by atoms with van der Waals surface area (Å²) in [7, 11) is 0. The fourth-order valence-corrected chi connectivity index (χ4v) is 0.936. The summed E-state index contributed by atoms with van der Waals surface area (Å²) in [5, 5.41) is 16.9. The molecule has 1 heterocycles. The molecular formula is C8H3F3N2O2. The highest BCUT2D eigenvalue weighted by atomic mass is 19.3. The number of carboxylic acids is 1. The largest absolute Gasteiger partial charge is 0.477 e. The first-order valence-corrected chi connectivity index (χ1v) is 3.59. The number of aromatic carboxylic acids is 1. The molecule has 0 saturated heterocycles. The van der Waals surface area contributed by atoms with Gasteiger partial charge in [-0.25, -0.2) is 22.9 Å². The van der Waals surface area contributed by atoms with E-state index in [0.29, 0.717) is 6.20 Å². The Hall–Kier alpha value is -2.10. The number of nitrogens with zero attached hydrogens (tertiary/aromatic N) is 2. The maximum absolute atomic E-state index is 13.2. The van der Waals surface area contributed by atoms with Crippen molar-refractivity contribution in [2.45, 2.75) is 6.43 Å². The molecule has 0 fully saturated rings. The quantitative estimate of drug-likeness (QED) is 0.816. The van der Waals surface area contributed by atoms with Crippen LogP contribution in [-0.4, -0.2) is 16.1 Å². The molecule has 1 rings (SSSR count). The standard InChI is InChI=1S/C8H3F3N2O2/c9-6-3(7(10)11)2-13-4(1-12)5(6)8(14)15/h2,7H,(H,14,15). The third-order valence-corrected chi connectivity index (χ3v) is 1.60. The fourth-order valence-electron chi connectivity index (χ4n) is 0.936. The number of hydrogen-bond acceptors (Lipinski definition) is 3. The molecule has 0 unspecified atom stereocenters. The van der Waals surface area contributed by atoms with E-state index in [-0.39, 0.29) is 0 Å². The van der Waals surface area contributed by atoms with E-state index in [1.807, 2.05) is 0 Å². The Morgan fingerprint density at radius 2 is 2.20 bits per heavy atom. The Bertz CT molecular complexity index is 454. The lowest BCUT2D eigenvalue weighted by Gasteiger charge is -2.04. The second kappa shape index (κ2) is 3.96. The number of hydrogen-bond donors (Lipinski definition) is 1. The Morgan fingerprint density at radius 1 is 1.60 bits per heavy atom. The molecule has 0 aliphatic heterocycles. The first-order valence-electron chi connectivity index (χ1n) is 3.59. The van der Waals surface area contributed by atoms with Gasteiger partial charge in [-0.05, 0) is 0 Å².